The first kappa shape index (κ1) is 17.2. The maximum atomic E-state index is 13.8. The highest BCUT2D eigenvalue weighted by Gasteiger charge is 2.23. The van der Waals surface area contributed by atoms with Gasteiger partial charge in [-0.3, -0.25) is 0 Å². The van der Waals surface area contributed by atoms with E-state index in [9.17, 15) is 12.8 Å². The average molecular weight is 400 g/mol. The van der Waals surface area contributed by atoms with Gasteiger partial charge in [-0.2, -0.15) is 13.7 Å². The van der Waals surface area contributed by atoms with Crippen LogP contribution < -0.4 is 8.92 Å². The summed E-state index contributed by atoms with van der Waals surface area (Å²) in [6.07, 6.45) is 0. The van der Waals surface area contributed by atoms with Crippen LogP contribution >= 0.6 is 15.9 Å². The van der Waals surface area contributed by atoms with E-state index in [0.717, 1.165) is 12.1 Å². The molecular formula is C15H11BrFNO4S. The topological polar surface area (TPSA) is 76.4 Å². The zero-order valence-electron chi connectivity index (χ0n) is 11.9. The Morgan fingerprint density at radius 3 is 2.61 bits per heavy atom. The van der Waals surface area contributed by atoms with Crippen LogP contribution in [0, 0.1) is 17.1 Å². The summed E-state index contributed by atoms with van der Waals surface area (Å²) < 4.78 is 49.0. The minimum atomic E-state index is -4.39. The van der Waals surface area contributed by atoms with Crippen molar-refractivity contribution in [3.05, 3.63) is 52.3 Å². The maximum absolute atomic E-state index is 13.8. The maximum Gasteiger partial charge on any atom is 0.342 e. The molecule has 120 valence electrons. The largest absolute Gasteiger partial charge is 0.490 e. The fourth-order valence-electron chi connectivity index (χ4n) is 1.75. The number of ether oxygens (including phenoxy) is 1. The fraction of sp³-hybridized carbons (Fsp3) is 0.133. The van der Waals surface area contributed by atoms with Crippen molar-refractivity contribution in [1.29, 1.82) is 5.26 Å². The number of halogens is 2. The molecule has 5 nitrogen and oxygen atoms in total. The smallest absolute Gasteiger partial charge is 0.342 e. The lowest BCUT2D eigenvalue weighted by atomic mass is 10.2. The predicted molar refractivity (Wildman–Crippen MR) is 84.2 cm³/mol. The van der Waals surface area contributed by atoms with Crippen molar-refractivity contribution >= 4 is 26.0 Å². The molecule has 2 aromatic carbocycles. The van der Waals surface area contributed by atoms with Gasteiger partial charge in [-0.25, -0.2) is 4.39 Å². The van der Waals surface area contributed by atoms with E-state index in [1.165, 1.54) is 24.3 Å². The molecule has 0 aliphatic heterocycles. The van der Waals surface area contributed by atoms with Crippen molar-refractivity contribution < 1.29 is 21.7 Å². The van der Waals surface area contributed by atoms with Gasteiger partial charge in [-0.1, -0.05) is 15.9 Å². The Kier molecular flexibility index (Phi) is 5.23. The summed E-state index contributed by atoms with van der Waals surface area (Å²) in [6, 6.07) is 9.43. The second-order valence-electron chi connectivity index (χ2n) is 4.32. The van der Waals surface area contributed by atoms with Crippen LogP contribution in [0.1, 0.15) is 12.5 Å². The van der Waals surface area contributed by atoms with Crippen molar-refractivity contribution in [2.24, 2.45) is 0 Å². The van der Waals surface area contributed by atoms with Crippen LogP contribution in [0.4, 0.5) is 4.39 Å². The fourth-order valence-corrected chi connectivity index (χ4v) is 3.30. The van der Waals surface area contributed by atoms with Gasteiger partial charge in [0.1, 0.15) is 10.7 Å². The summed E-state index contributed by atoms with van der Waals surface area (Å²) in [5.74, 6) is -0.962. The molecule has 2 aromatic rings. The van der Waals surface area contributed by atoms with E-state index >= 15 is 0 Å². The van der Waals surface area contributed by atoms with Gasteiger partial charge < -0.3 is 8.92 Å². The second kappa shape index (κ2) is 6.98. The molecule has 0 N–H and O–H groups in total. The number of benzene rings is 2. The van der Waals surface area contributed by atoms with E-state index in [4.69, 9.17) is 14.2 Å². The van der Waals surface area contributed by atoms with Crippen molar-refractivity contribution in [3.8, 4) is 17.6 Å². The Bertz CT molecular complexity index is 878. The molecule has 0 radical (unpaired) electrons. The van der Waals surface area contributed by atoms with Gasteiger partial charge in [0, 0.05) is 10.5 Å². The van der Waals surface area contributed by atoms with Crippen LogP contribution in [0.25, 0.3) is 0 Å². The molecule has 0 unspecified atom stereocenters. The first-order valence-corrected chi connectivity index (χ1v) is 8.64. The molecule has 0 fully saturated rings. The van der Waals surface area contributed by atoms with Crippen molar-refractivity contribution in [3.63, 3.8) is 0 Å². The molecule has 0 aromatic heterocycles. The lowest BCUT2D eigenvalue weighted by molar-refractivity contribution is 0.327. The molecule has 0 atom stereocenters. The number of rotatable bonds is 5. The Morgan fingerprint density at radius 2 is 1.96 bits per heavy atom. The van der Waals surface area contributed by atoms with Gasteiger partial charge in [-0.05, 0) is 37.3 Å². The minimum Gasteiger partial charge on any atom is -0.490 e. The van der Waals surface area contributed by atoms with E-state index < -0.39 is 20.8 Å². The molecule has 0 aliphatic rings. The highest BCUT2D eigenvalue weighted by Crippen LogP contribution is 2.32. The van der Waals surface area contributed by atoms with Gasteiger partial charge in [-0.15, -0.1) is 0 Å². The number of hydrogen-bond acceptors (Lipinski definition) is 5. The van der Waals surface area contributed by atoms with Crippen molar-refractivity contribution in [2.75, 3.05) is 6.61 Å². The lowest BCUT2D eigenvalue weighted by Crippen LogP contribution is -2.12. The Hall–Kier alpha value is -2.11. The Labute approximate surface area is 141 Å². The molecule has 0 saturated heterocycles. The minimum absolute atomic E-state index is 0.0885. The number of hydrogen-bond donors (Lipinski definition) is 0. The standard InChI is InChI=1S/C15H11BrFNO4S/c1-2-21-14-7-10(9-18)3-6-13(14)22-23(19,20)15-8-11(16)4-5-12(15)17/h3-8H,2H2,1H3. The van der Waals surface area contributed by atoms with E-state index in [1.54, 1.807) is 6.92 Å². The SMILES string of the molecule is CCOc1cc(C#N)ccc1OS(=O)(=O)c1cc(Br)ccc1F. The summed E-state index contributed by atoms with van der Waals surface area (Å²) in [5, 5.41) is 8.88. The summed E-state index contributed by atoms with van der Waals surface area (Å²) in [7, 11) is -4.39. The molecule has 0 amide bonds. The third kappa shape index (κ3) is 4.00. The van der Waals surface area contributed by atoms with E-state index in [2.05, 4.69) is 15.9 Å². The number of nitrogens with zero attached hydrogens (tertiary/aromatic N) is 1. The quantitative estimate of drug-likeness (QED) is 0.717. The van der Waals surface area contributed by atoms with Crippen molar-refractivity contribution in [2.45, 2.75) is 11.8 Å². The zero-order chi connectivity index (χ0) is 17.0. The predicted octanol–water partition coefficient (Wildman–Crippen LogP) is 3.63. The summed E-state index contributed by atoms with van der Waals surface area (Å²) in [6.45, 7) is 1.95. The Morgan fingerprint density at radius 1 is 1.22 bits per heavy atom. The first-order valence-electron chi connectivity index (χ1n) is 6.44. The summed E-state index contributed by atoms with van der Waals surface area (Å²) in [4.78, 5) is -0.598. The summed E-state index contributed by atoms with van der Waals surface area (Å²) in [5.41, 5.74) is 0.284. The van der Waals surface area contributed by atoms with E-state index in [0.29, 0.717) is 4.47 Å². The zero-order valence-corrected chi connectivity index (χ0v) is 14.3. The normalized spacial score (nSPS) is 10.9. The molecule has 0 saturated carbocycles. The van der Waals surface area contributed by atoms with Gasteiger partial charge in [0.2, 0.25) is 0 Å². The van der Waals surface area contributed by atoms with Gasteiger partial charge >= 0.3 is 10.1 Å². The second-order valence-corrected chi connectivity index (χ2v) is 6.75. The van der Waals surface area contributed by atoms with Crippen LogP contribution in [0.2, 0.25) is 0 Å². The van der Waals surface area contributed by atoms with Gasteiger partial charge in [0.25, 0.3) is 0 Å². The van der Waals surface area contributed by atoms with Crippen LogP contribution in [-0.2, 0) is 10.1 Å². The van der Waals surface area contributed by atoms with Gasteiger partial charge in [0.05, 0.1) is 18.2 Å². The van der Waals surface area contributed by atoms with Crippen molar-refractivity contribution in [1.82, 2.24) is 0 Å². The van der Waals surface area contributed by atoms with Crippen LogP contribution in [-0.4, -0.2) is 15.0 Å². The Balaban J connectivity index is 2.45. The van der Waals surface area contributed by atoms with Crippen LogP contribution in [0.3, 0.4) is 0 Å². The van der Waals surface area contributed by atoms with E-state index in [1.807, 2.05) is 6.07 Å². The molecule has 2 rings (SSSR count). The molecular weight excluding hydrogens is 389 g/mol. The van der Waals surface area contributed by atoms with E-state index in [-0.39, 0.29) is 23.7 Å². The molecule has 0 spiro atoms. The first-order chi connectivity index (χ1) is 10.9. The molecule has 8 heteroatoms. The monoisotopic (exact) mass is 399 g/mol. The molecule has 0 heterocycles. The highest BCUT2D eigenvalue weighted by molar-refractivity contribution is 9.10. The van der Waals surface area contributed by atoms with Crippen LogP contribution in [0.5, 0.6) is 11.5 Å². The molecule has 0 aliphatic carbocycles. The third-order valence-corrected chi connectivity index (χ3v) is 4.48. The molecule has 0 bridgehead atoms. The van der Waals surface area contributed by atoms with Crippen LogP contribution in [0.15, 0.2) is 45.8 Å². The average Bonchev–Trinajstić information content (AvgIpc) is 2.51. The van der Waals surface area contributed by atoms with Gasteiger partial charge in [0.15, 0.2) is 11.5 Å². The number of nitriles is 1. The highest BCUT2D eigenvalue weighted by atomic mass is 79.9. The summed E-state index contributed by atoms with van der Waals surface area (Å²) >= 11 is 3.09. The lowest BCUT2D eigenvalue weighted by Gasteiger charge is -2.12. The third-order valence-electron chi connectivity index (χ3n) is 2.73. The molecule has 23 heavy (non-hydrogen) atoms.